The standard InChI is InChI=1S/C12H14ClFN2O/c13-10-7-15-11(14)6-9(10)12(17)16-8-4-2-1-3-5-8/h6-8H,1-5H2,(H,16,17). The molecule has 5 heteroatoms. The first-order chi connectivity index (χ1) is 8.16. The summed E-state index contributed by atoms with van der Waals surface area (Å²) in [4.78, 5) is 15.3. The van der Waals surface area contributed by atoms with Crippen LogP contribution in [0.15, 0.2) is 12.3 Å². The van der Waals surface area contributed by atoms with Gasteiger partial charge in [-0.1, -0.05) is 30.9 Å². The molecule has 0 aliphatic heterocycles. The molecule has 2 rings (SSSR count). The molecule has 0 bridgehead atoms. The van der Waals surface area contributed by atoms with Gasteiger partial charge in [-0.25, -0.2) is 4.98 Å². The normalized spacial score (nSPS) is 16.8. The monoisotopic (exact) mass is 256 g/mol. The molecule has 1 amide bonds. The lowest BCUT2D eigenvalue weighted by Crippen LogP contribution is -2.36. The van der Waals surface area contributed by atoms with Gasteiger partial charge in [-0.3, -0.25) is 4.79 Å². The molecule has 3 nitrogen and oxygen atoms in total. The molecule has 0 aromatic carbocycles. The van der Waals surface area contributed by atoms with E-state index in [1.807, 2.05) is 0 Å². The number of nitrogens with zero attached hydrogens (tertiary/aromatic N) is 1. The van der Waals surface area contributed by atoms with Gasteiger partial charge < -0.3 is 5.32 Å². The van der Waals surface area contributed by atoms with Crippen LogP contribution in [0, 0.1) is 5.95 Å². The fourth-order valence-corrected chi connectivity index (χ4v) is 2.29. The highest BCUT2D eigenvalue weighted by Gasteiger charge is 2.18. The molecule has 0 unspecified atom stereocenters. The minimum absolute atomic E-state index is 0.157. The summed E-state index contributed by atoms with van der Waals surface area (Å²) < 4.78 is 12.9. The van der Waals surface area contributed by atoms with Crippen molar-refractivity contribution >= 4 is 17.5 Å². The first-order valence-corrected chi connectivity index (χ1v) is 6.16. The highest BCUT2D eigenvalue weighted by atomic mass is 35.5. The van der Waals surface area contributed by atoms with Gasteiger partial charge >= 0.3 is 0 Å². The van der Waals surface area contributed by atoms with Gasteiger partial charge in [0.15, 0.2) is 0 Å². The molecule has 1 aliphatic carbocycles. The first kappa shape index (κ1) is 12.3. The summed E-state index contributed by atoms with van der Waals surface area (Å²) in [5.41, 5.74) is 0.157. The van der Waals surface area contributed by atoms with Crippen molar-refractivity contribution in [3.05, 3.63) is 28.8 Å². The number of carbonyl (C=O) groups is 1. The first-order valence-electron chi connectivity index (χ1n) is 5.79. The molecule has 1 aromatic heterocycles. The number of rotatable bonds is 2. The van der Waals surface area contributed by atoms with Crippen molar-refractivity contribution in [3.63, 3.8) is 0 Å². The van der Waals surface area contributed by atoms with E-state index in [4.69, 9.17) is 11.6 Å². The minimum Gasteiger partial charge on any atom is -0.349 e. The van der Waals surface area contributed by atoms with Gasteiger partial charge in [0.2, 0.25) is 5.95 Å². The molecule has 0 atom stereocenters. The summed E-state index contributed by atoms with van der Waals surface area (Å²) in [7, 11) is 0. The topological polar surface area (TPSA) is 42.0 Å². The van der Waals surface area contributed by atoms with Crippen molar-refractivity contribution in [1.29, 1.82) is 0 Å². The molecule has 1 heterocycles. The lowest BCUT2D eigenvalue weighted by Gasteiger charge is -2.22. The Kier molecular flexibility index (Phi) is 3.94. The van der Waals surface area contributed by atoms with Crippen LogP contribution in [0.4, 0.5) is 4.39 Å². The van der Waals surface area contributed by atoms with Crippen LogP contribution in [-0.2, 0) is 0 Å². The number of hydrogen-bond acceptors (Lipinski definition) is 2. The Balaban J connectivity index is 2.05. The number of amides is 1. The van der Waals surface area contributed by atoms with E-state index >= 15 is 0 Å². The molecular formula is C12H14ClFN2O. The average Bonchev–Trinajstić information content (AvgIpc) is 2.33. The van der Waals surface area contributed by atoms with Crippen LogP contribution in [0.1, 0.15) is 42.5 Å². The molecule has 92 valence electrons. The maximum Gasteiger partial charge on any atom is 0.253 e. The molecule has 1 aromatic rings. The Morgan fingerprint density at radius 3 is 2.82 bits per heavy atom. The van der Waals surface area contributed by atoms with E-state index < -0.39 is 5.95 Å². The van der Waals surface area contributed by atoms with Crippen LogP contribution in [-0.4, -0.2) is 16.9 Å². The average molecular weight is 257 g/mol. The predicted octanol–water partition coefficient (Wildman–Crippen LogP) is 2.94. The van der Waals surface area contributed by atoms with E-state index in [9.17, 15) is 9.18 Å². The van der Waals surface area contributed by atoms with E-state index in [1.165, 1.54) is 6.42 Å². The van der Waals surface area contributed by atoms with E-state index in [1.54, 1.807) is 0 Å². The highest BCUT2D eigenvalue weighted by molar-refractivity contribution is 6.33. The lowest BCUT2D eigenvalue weighted by molar-refractivity contribution is 0.0927. The van der Waals surface area contributed by atoms with Crippen molar-refractivity contribution in [2.24, 2.45) is 0 Å². The maximum atomic E-state index is 12.9. The van der Waals surface area contributed by atoms with Gasteiger partial charge in [0.05, 0.1) is 10.6 Å². The van der Waals surface area contributed by atoms with Crippen molar-refractivity contribution in [1.82, 2.24) is 10.3 Å². The van der Waals surface area contributed by atoms with Gasteiger partial charge in [0.25, 0.3) is 5.91 Å². The van der Waals surface area contributed by atoms with Crippen LogP contribution in [0.3, 0.4) is 0 Å². The largest absolute Gasteiger partial charge is 0.349 e. The van der Waals surface area contributed by atoms with Crippen LogP contribution in [0.2, 0.25) is 5.02 Å². The van der Waals surface area contributed by atoms with E-state index in [0.717, 1.165) is 37.9 Å². The Morgan fingerprint density at radius 1 is 1.41 bits per heavy atom. The summed E-state index contributed by atoms with van der Waals surface area (Å²) >= 11 is 5.82. The zero-order chi connectivity index (χ0) is 12.3. The maximum absolute atomic E-state index is 12.9. The molecule has 17 heavy (non-hydrogen) atoms. The Morgan fingerprint density at radius 2 is 2.12 bits per heavy atom. The molecule has 0 spiro atoms. The highest BCUT2D eigenvalue weighted by Crippen LogP contribution is 2.19. The summed E-state index contributed by atoms with van der Waals surface area (Å²) in [6.45, 7) is 0. The van der Waals surface area contributed by atoms with Crippen LogP contribution < -0.4 is 5.32 Å². The number of aromatic nitrogens is 1. The third kappa shape index (κ3) is 3.16. The van der Waals surface area contributed by atoms with Crippen molar-refractivity contribution in [2.45, 2.75) is 38.1 Å². The summed E-state index contributed by atoms with van der Waals surface area (Å²) in [6, 6.07) is 1.25. The van der Waals surface area contributed by atoms with Gasteiger partial charge in [0, 0.05) is 18.3 Å². The SMILES string of the molecule is O=C(NC1CCCCC1)c1cc(F)ncc1Cl. The number of nitrogens with one attached hydrogen (secondary N) is 1. The van der Waals surface area contributed by atoms with Gasteiger partial charge in [-0.05, 0) is 12.8 Å². The number of pyridine rings is 1. The van der Waals surface area contributed by atoms with Crippen LogP contribution >= 0.6 is 11.6 Å². The molecule has 1 aliphatic rings. The zero-order valence-electron chi connectivity index (χ0n) is 9.38. The Hall–Kier alpha value is -1.16. The molecule has 0 radical (unpaired) electrons. The smallest absolute Gasteiger partial charge is 0.253 e. The molecule has 1 N–H and O–H groups in total. The molecule has 0 saturated heterocycles. The third-order valence-electron chi connectivity index (χ3n) is 3.01. The molecular weight excluding hydrogens is 243 g/mol. The van der Waals surface area contributed by atoms with E-state index in [0.29, 0.717) is 0 Å². The van der Waals surface area contributed by atoms with E-state index in [2.05, 4.69) is 10.3 Å². The Bertz CT molecular complexity index is 419. The molecule has 1 fully saturated rings. The second-order valence-corrected chi connectivity index (χ2v) is 4.70. The summed E-state index contributed by atoms with van der Waals surface area (Å²) in [5.74, 6) is -1.01. The van der Waals surface area contributed by atoms with Gasteiger partial charge in [-0.2, -0.15) is 4.39 Å². The lowest BCUT2D eigenvalue weighted by atomic mass is 9.95. The Labute approximate surface area is 104 Å². The van der Waals surface area contributed by atoms with Crippen molar-refractivity contribution in [3.8, 4) is 0 Å². The van der Waals surface area contributed by atoms with Crippen molar-refractivity contribution < 1.29 is 9.18 Å². The zero-order valence-corrected chi connectivity index (χ0v) is 10.1. The van der Waals surface area contributed by atoms with Crippen LogP contribution in [0.25, 0.3) is 0 Å². The van der Waals surface area contributed by atoms with Gasteiger partial charge in [-0.15, -0.1) is 0 Å². The summed E-state index contributed by atoms with van der Waals surface area (Å²) in [5, 5.41) is 3.07. The van der Waals surface area contributed by atoms with E-state index in [-0.39, 0.29) is 22.5 Å². The number of carbonyl (C=O) groups excluding carboxylic acids is 1. The predicted molar refractivity (Wildman–Crippen MR) is 63.5 cm³/mol. The quantitative estimate of drug-likeness (QED) is 0.827. The fourth-order valence-electron chi connectivity index (χ4n) is 2.10. The fraction of sp³-hybridized carbons (Fsp3) is 0.500. The second-order valence-electron chi connectivity index (χ2n) is 4.30. The second kappa shape index (κ2) is 5.45. The van der Waals surface area contributed by atoms with Crippen LogP contribution in [0.5, 0.6) is 0 Å². The van der Waals surface area contributed by atoms with Gasteiger partial charge in [0.1, 0.15) is 0 Å². The number of hydrogen-bond donors (Lipinski definition) is 1. The summed E-state index contributed by atoms with van der Waals surface area (Å²) in [6.07, 6.45) is 6.60. The number of halogens is 2. The third-order valence-corrected chi connectivity index (χ3v) is 3.31. The molecule has 1 saturated carbocycles. The minimum atomic E-state index is -0.691. The van der Waals surface area contributed by atoms with Crippen molar-refractivity contribution in [2.75, 3.05) is 0 Å².